The molecule has 0 bridgehead atoms. The van der Waals surface area contributed by atoms with Crippen molar-refractivity contribution in [1.29, 1.82) is 0 Å². The van der Waals surface area contributed by atoms with Crippen molar-refractivity contribution in [3.05, 3.63) is 71.3 Å². The molecule has 0 heterocycles. The summed E-state index contributed by atoms with van der Waals surface area (Å²) in [5.41, 5.74) is 0.678. The third kappa shape index (κ3) is 6.06. The highest BCUT2D eigenvalue weighted by molar-refractivity contribution is 7.98. The van der Waals surface area contributed by atoms with Crippen molar-refractivity contribution >= 4 is 23.6 Å². The molecule has 0 spiro atoms. The largest absolute Gasteiger partial charge is 0.340 e. The summed E-state index contributed by atoms with van der Waals surface area (Å²) in [5.74, 6) is -1.35. The highest BCUT2D eigenvalue weighted by atomic mass is 32.2. The van der Waals surface area contributed by atoms with Crippen molar-refractivity contribution in [2.24, 2.45) is 0 Å². The highest BCUT2D eigenvalue weighted by Crippen LogP contribution is 2.13. The Balaban J connectivity index is 2.09. The monoisotopic (exact) mass is 392 g/mol. The number of nitrogens with one attached hydrogen (secondary N) is 1. The molecule has 0 aromatic heterocycles. The molecule has 2 rings (SSSR count). The van der Waals surface area contributed by atoms with Crippen LogP contribution in [0.25, 0.3) is 0 Å². The Bertz CT molecular complexity index is 787. The zero-order valence-corrected chi connectivity index (χ0v) is 16.1. The van der Waals surface area contributed by atoms with Crippen LogP contribution in [0.5, 0.6) is 0 Å². The molecule has 0 saturated heterocycles. The third-order valence-electron chi connectivity index (χ3n) is 4.05. The molecular weight excluding hydrogens is 370 g/mol. The van der Waals surface area contributed by atoms with Gasteiger partial charge in [0.15, 0.2) is 0 Å². The lowest BCUT2D eigenvalue weighted by atomic mass is 10.1. The SMILES string of the molecule is CSCCC(NC(=O)c1ccccc1)C(=O)N(C)Cc1ccc(F)cc1F. The minimum atomic E-state index is -0.723. The van der Waals surface area contributed by atoms with E-state index in [1.54, 1.807) is 42.1 Å². The number of likely N-dealkylation sites (N-methyl/N-ethyl adjacent to an activating group) is 1. The van der Waals surface area contributed by atoms with Crippen LogP contribution in [-0.2, 0) is 11.3 Å². The number of amides is 2. The second-order valence-corrected chi connectivity index (χ2v) is 7.09. The standard InChI is InChI=1S/C20H22F2N2O2S/c1-24(13-15-8-9-16(21)12-17(15)22)20(26)18(10-11-27-2)23-19(25)14-6-4-3-5-7-14/h3-9,12,18H,10-11,13H2,1-2H3,(H,23,25). The maximum atomic E-state index is 13.9. The average Bonchev–Trinajstić information content (AvgIpc) is 2.67. The first-order valence-corrected chi connectivity index (χ1v) is 9.85. The van der Waals surface area contributed by atoms with Crippen LogP contribution in [0.3, 0.4) is 0 Å². The lowest BCUT2D eigenvalue weighted by Crippen LogP contribution is -2.47. The molecule has 2 amide bonds. The molecule has 0 saturated carbocycles. The van der Waals surface area contributed by atoms with Gasteiger partial charge in [-0.05, 0) is 36.6 Å². The molecule has 4 nitrogen and oxygen atoms in total. The van der Waals surface area contributed by atoms with Gasteiger partial charge in [0.1, 0.15) is 17.7 Å². The summed E-state index contributed by atoms with van der Waals surface area (Å²) in [7, 11) is 1.53. The van der Waals surface area contributed by atoms with Crippen LogP contribution in [0.1, 0.15) is 22.3 Å². The minimum Gasteiger partial charge on any atom is -0.340 e. The second-order valence-electron chi connectivity index (χ2n) is 6.10. The van der Waals surface area contributed by atoms with Gasteiger partial charge in [0.25, 0.3) is 5.91 Å². The van der Waals surface area contributed by atoms with E-state index >= 15 is 0 Å². The summed E-state index contributed by atoms with van der Waals surface area (Å²) in [6.07, 6.45) is 2.37. The molecule has 2 aromatic carbocycles. The number of rotatable bonds is 8. The quantitative estimate of drug-likeness (QED) is 0.748. The predicted octanol–water partition coefficient (Wildman–Crippen LogP) is 3.47. The van der Waals surface area contributed by atoms with E-state index in [0.29, 0.717) is 17.7 Å². The minimum absolute atomic E-state index is 0.0120. The maximum Gasteiger partial charge on any atom is 0.251 e. The van der Waals surface area contributed by atoms with E-state index in [9.17, 15) is 18.4 Å². The fourth-order valence-corrected chi connectivity index (χ4v) is 3.04. The Labute approximate surface area is 161 Å². The molecule has 27 heavy (non-hydrogen) atoms. The molecule has 2 aromatic rings. The van der Waals surface area contributed by atoms with E-state index in [2.05, 4.69) is 5.32 Å². The molecule has 0 fully saturated rings. The third-order valence-corrected chi connectivity index (χ3v) is 4.69. The lowest BCUT2D eigenvalue weighted by molar-refractivity contribution is -0.132. The van der Waals surface area contributed by atoms with E-state index in [1.807, 2.05) is 6.26 Å². The van der Waals surface area contributed by atoms with Crippen molar-refractivity contribution in [2.75, 3.05) is 19.1 Å². The van der Waals surface area contributed by atoms with E-state index in [0.717, 1.165) is 12.1 Å². The normalized spacial score (nSPS) is 11.7. The summed E-state index contributed by atoms with van der Waals surface area (Å²) < 4.78 is 26.9. The molecule has 1 unspecified atom stereocenters. The van der Waals surface area contributed by atoms with Crippen LogP contribution in [0, 0.1) is 11.6 Å². The molecule has 7 heteroatoms. The number of thioether (sulfide) groups is 1. The van der Waals surface area contributed by atoms with Crippen molar-refractivity contribution in [3.8, 4) is 0 Å². The lowest BCUT2D eigenvalue weighted by Gasteiger charge is -2.25. The van der Waals surface area contributed by atoms with Gasteiger partial charge in [-0.25, -0.2) is 8.78 Å². The zero-order valence-electron chi connectivity index (χ0n) is 15.2. The van der Waals surface area contributed by atoms with Gasteiger partial charge in [-0.3, -0.25) is 9.59 Å². The number of hydrogen-bond acceptors (Lipinski definition) is 3. The average molecular weight is 392 g/mol. The van der Waals surface area contributed by atoms with Crippen molar-refractivity contribution in [1.82, 2.24) is 10.2 Å². The number of hydrogen-bond donors (Lipinski definition) is 1. The predicted molar refractivity (Wildman–Crippen MR) is 104 cm³/mol. The maximum absolute atomic E-state index is 13.9. The topological polar surface area (TPSA) is 49.4 Å². The molecule has 0 aliphatic carbocycles. The van der Waals surface area contributed by atoms with Crippen LogP contribution in [0.4, 0.5) is 8.78 Å². The first-order chi connectivity index (χ1) is 12.9. The first-order valence-electron chi connectivity index (χ1n) is 8.46. The Morgan fingerprint density at radius 1 is 1.15 bits per heavy atom. The Hall–Kier alpha value is -2.41. The Kier molecular flexibility index (Phi) is 7.79. The molecule has 0 aliphatic heterocycles. The molecule has 0 radical (unpaired) electrons. The van der Waals surface area contributed by atoms with Crippen molar-refractivity contribution in [3.63, 3.8) is 0 Å². The summed E-state index contributed by atoms with van der Waals surface area (Å²) in [6.45, 7) is -0.0120. The summed E-state index contributed by atoms with van der Waals surface area (Å²) in [6, 6.07) is 11.2. The number of carbonyl (C=O) groups is 2. The molecule has 0 aliphatic rings. The van der Waals surface area contributed by atoms with E-state index in [4.69, 9.17) is 0 Å². The number of halogens is 2. The van der Waals surface area contributed by atoms with Crippen LogP contribution >= 0.6 is 11.8 Å². The van der Waals surface area contributed by atoms with E-state index in [1.165, 1.54) is 18.0 Å². The smallest absolute Gasteiger partial charge is 0.251 e. The number of nitrogens with zero attached hydrogens (tertiary/aromatic N) is 1. The summed E-state index contributed by atoms with van der Waals surface area (Å²) in [4.78, 5) is 26.5. The van der Waals surface area contributed by atoms with Gasteiger partial charge in [-0.15, -0.1) is 0 Å². The molecule has 1 N–H and O–H groups in total. The molecular formula is C20H22F2N2O2S. The summed E-state index contributed by atoms with van der Waals surface area (Å²) >= 11 is 1.57. The van der Waals surface area contributed by atoms with Crippen molar-refractivity contribution in [2.45, 2.75) is 19.0 Å². The van der Waals surface area contributed by atoms with Gasteiger partial charge >= 0.3 is 0 Å². The van der Waals surface area contributed by atoms with Gasteiger partial charge in [-0.1, -0.05) is 24.3 Å². The first kappa shape index (κ1) is 20.9. The number of benzene rings is 2. The molecule has 1 atom stereocenters. The fraction of sp³-hybridized carbons (Fsp3) is 0.300. The highest BCUT2D eigenvalue weighted by Gasteiger charge is 2.24. The number of carbonyl (C=O) groups excluding carboxylic acids is 2. The van der Waals surface area contributed by atoms with Gasteiger partial charge in [0, 0.05) is 30.8 Å². The van der Waals surface area contributed by atoms with Gasteiger partial charge < -0.3 is 10.2 Å². The van der Waals surface area contributed by atoms with Crippen LogP contribution in [0.2, 0.25) is 0 Å². The van der Waals surface area contributed by atoms with Crippen LogP contribution in [0.15, 0.2) is 48.5 Å². The van der Waals surface area contributed by atoms with Crippen molar-refractivity contribution < 1.29 is 18.4 Å². The van der Waals surface area contributed by atoms with E-state index in [-0.39, 0.29) is 23.9 Å². The van der Waals surface area contributed by atoms with Crippen LogP contribution < -0.4 is 5.32 Å². The van der Waals surface area contributed by atoms with Gasteiger partial charge in [0.05, 0.1) is 0 Å². The zero-order chi connectivity index (χ0) is 19.8. The Morgan fingerprint density at radius 2 is 1.85 bits per heavy atom. The van der Waals surface area contributed by atoms with Crippen LogP contribution in [-0.4, -0.2) is 41.8 Å². The fourth-order valence-electron chi connectivity index (χ4n) is 2.57. The molecule has 144 valence electrons. The Morgan fingerprint density at radius 3 is 2.48 bits per heavy atom. The van der Waals surface area contributed by atoms with Gasteiger partial charge in [0.2, 0.25) is 5.91 Å². The van der Waals surface area contributed by atoms with Gasteiger partial charge in [-0.2, -0.15) is 11.8 Å². The van der Waals surface area contributed by atoms with E-state index < -0.39 is 17.7 Å². The summed E-state index contributed by atoms with van der Waals surface area (Å²) in [5, 5.41) is 2.76. The second kappa shape index (κ2) is 10.1.